The van der Waals surface area contributed by atoms with E-state index in [4.69, 9.17) is 16.3 Å². The van der Waals surface area contributed by atoms with Crippen LogP contribution in [0.3, 0.4) is 0 Å². The zero-order valence-electron chi connectivity index (χ0n) is 16.8. The van der Waals surface area contributed by atoms with E-state index in [-0.39, 0.29) is 17.7 Å². The maximum absolute atomic E-state index is 14.7. The molecule has 4 rings (SSSR count). The lowest BCUT2D eigenvalue weighted by Crippen LogP contribution is -2.50. The Balaban J connectivity index is 1.52. The number of anilines is 2. The van der Waals surface area contributed by atoms with E-state index in [9.17, 15) is 9.18 Å². The third kappa shape index (κ3) is 5.12. The standard InChI is InChI=1S/C21H20ClFN4O2S2/c1-11-17(20-18(23)6-15(10-25-20)29-16-8-24-9-16)7-19(31-11)21(28)26-13-3-12(22)4-14(5-13)27-30-2/h3-7,10,16,24,27H,8-9H2,1-2H3,(H,26,28). The Hall–Kier alpha value is -2.33. The summed E-state index contributed by atoms with van der Waals surface area (Å²) in [6, 6.07) is 8.22. The lowest BCUT2D eigenvalue weighted by atomic mass is 10.1. The summed E-state index contributed by atoms with van der Waals surface area (Å²) in [5.74, 6) is -0.385. The van der Waals surface area contributed by atoms with Crippen molar-refractivity contribution in [3.05, 3.63) is 57.1 Å². The third-order valence-electron chi connectivity index (χ3n) is 4.64. The molecule has 162 valence electrons. The molecule has 0 aliphatic carbocycles. The van der Waals surface area contributed by atoms with Gasteiger partial charge in [0, 0.05) is 52.2 Å². The molecular formula is C21H20ClFN4O2S2. The summed E-state index contributed by atoms with van der Waals surface area (Å²) < 4.78 is 23.5. The third-order valence-corrected chi connectivity index (χ3v) is 6.34. The van der Waals surface area contributed by atoms with Crippen LogP contribution in [-0.2, 0) is 0 Å². The van der Waals surface area contributed by atoms with Crippen LogP contribution in [0, 0.1) is 12.7 Å². The predicted molar refractivity (Wildman–Crippen MR) is 126 cm³/mol. The normalized spacial score (nSPS) is 13.5. The molecule has 6 nitrogen and oxygen atoms in total. The monoisotopic (exact) mass is 478 g/mol. The van der Waals surface area contributed by atoms with Crippen LogP contribution >= 0.6 is 34.9 Å². The van der Waals surface area contributed by atoms with Crippen molar-refractivity contribution in [2.24, 2.45) is 0 Å². The second-order valence-electron chi connectivity index (χ2n) is 6.97. The van der Waals surface area contributed by atoms with Gasteiger partial charge < -0.3 is 20.1 Å². The van der Waals surface area contributed by atoms with Gasteiger partial charge in [-0.05, 0) is 31.2 Å². The number of ether oxygens (including phenoxy) is 1. The number of carbonyl (C=O) groups is 1. The molecule has 0 spiro atoms. The van der Waals surface area contributed by atoms with Crippen molar-refractivity contribution < 1.29 is 13.9 Å². The van der Waals surface area contributed by atoms with Crippen molar-refractivity contribution >= 4 is 52.2 Å². The van der Waals surface area contributed by atoms with Gasteiger partial charge in [0.1, 0.15) is 17.5 Å². The van der Waals surface area contributed by atoms with Crippen LogP contribution in [-0.4, -0.2) is 36.3 Å². The number of benzene rings is 1. The highest BCUT2D eigenvalue weighted by molar-refractivity contribution is 7.99. The SMILES string of the molecule is CSNc1cc(Cl)cc(NC(=O)c2cc(-c3ncc(OC4CNC4)cc3F)c(C)s2)c1. The van der Waals surface area contributed by atoms with Crippen molar-refractivity contribution in [1.82, 2.24) is 10.3 Å². The van der Waals surface area contributed by atoms with Gasteiger partial charge >= 0.3 is 0 Å². The van der Waals surface area contributed by atoms with Gasteiger partial charge in [0.25, 0.3) is 5.91 Å². The minimum atomic E-state index is -0.486. The van der Waals surface area contributed by atoms with Crippen LogP contribution in [0.15, 0.2) is 36.5 Å². The molecule has 0 bridgehead atoms. The number of nitrogens with zero attached hydrogens (tertiary/aromatic N) is 1. The molecule has 1 aliphatic rings. The van der Waals surface area contributed by atoms with Crippen molar-refractivity contribution in [3.8, 4) is 17.0 Å². The second kappa shape index (κ2) is 9.44. The first kappa shape index (κ1) is 21.9. The molecule has 1 aromatic carbocycles. The summed E-state index contributed by atoms with van der Waals surface area (Å²) in [6.45, 7) is 3.32. The Morgan fingerprint density at radius 2 is 2.06 bits per heavy atom. The number of hydrogen-bond acceptors (Lipinski definition) is 7. The molecule has 1 aliphatic heterocycles. The van der Waals surface area contributed by atoms with Gasteiger partial charge in [0.05, 0.1) is 11.1 Å². The molecule has 31 heavy (non-hydrogen) atoms. The van der Waals surface area contributed by atoms with Crippen LogP contribution in [0.25, 0.3) is 11.3 Å². The van der Waals surface area contributed by atoms with E-state index in [1.165, 1.54) is 35.5 Å². The van der Waals surface area contributed by atoms with E-state index in [2.05, 4.69) is 20.3 Å². The Morgan fingerprint density at radius 1 is 1.29 bits per heavy atom. The summed E-state index contributed by atoms with van der Waals surface area (Å²) in [7, 11) is 0. The van der Waals surface area contributed by atoms with Gasteiger partial charge in [0.15, 0.2) is 5.82 Å². The Morgan fingerprint density at radius 3 is 2.74 bits per heavy atom. The summed E-state index contributed by atoms with van der Waals surface area (Å²) >= 11 is 8.84. The largest absolute Gasteiger partial charge is 0.486 e. The first-order valence-corrected chi connectivity index (χ1v) is 11.9. The predicted octanol–water partition coefficient (Wildman–Crippen LogP) is 5.20. The van der Waals surface area contributed by atoms with Crippen molar-refractivity contribution in [1.29, 1.82) is 0 Å². The van der Waals surface area contributed by atoms with Gasteiger partial charge in [0.2, 0.25) is 0 Å². The van der Waals surface area contributed by atoms with Crippen LogP contribution < -0.4 is 20.1 Å². The minimum Gasteiger partial charge on any atom is -0.486 e. The number of nitrogens with one attached hydrogen (secondary N) is 3. The Kier molecular flexibility index (Phi) is 6.66. The lowest BCUT2D eigenvalue weighted by Gasteiger charge is -2.27. The highest BCUT2D eigenvalue weighted by Gasteiger charge is 2.21. The van der Waals surface area contributed by atoms with Crippen LogP contribution in [0.4, 0.5) is 15.8 Å². The fourth-order valence-corrected chi connectivity index (χ4v) is 4.59. The smallest absolute Gasteiger partial charge is 0.265 e. The molecule has 1 amide bonds. The number of hydrogen-bond donors (Lipinski definition) is 3. The first-order chi connectivity index (χ1) is 14.9. The molecule has 2 aromatic heterocycles. The summed E-state index contributed by atoms with van der Waals surface area (Å²) in [5.41, 5.74) is 2.13. The van der Waals surface area contributed by atoms with Crippen LogP contribution in [0.2, 0.25) is 5.02 Å². The molecule has 0 atom stereocenters. The highest BCUT2D eigenvalue weighted by Crippen LogP contribution is 2.33. The molecule has 1 saturated heterocycles. The fraction of sp³-hybridized carbons (Fsp3) is 0.238. The Labute approximate surface area is 192 Å². The zero-order chi connectivity index (χ0) is 22.0. The van der Waals surface area contributed by atoms with Crippen LogP contribution in [0.1, 0.15) is 14.5 Å². The van der Waals surface area contributed by atoms with Gasteiger partial charge in [-0.15, -0.1) is 11.3 Å². The molecule has 3 N–H and O–H groups in total. The quantitative estimate of drug-likeness (QED) is 0.405. The number of thiophene rings is 1. The maximum atomic E-state index is 14.7. The molecular weight excluding hydrogens is 459 g/mol. The number of carbonyl (C=O) groups excluding carboxylic acids is 1. The maximum Gasteiger partial charge on any atom is 0.265 e. The number of halogens is 2. The van der Waals surface area contributed by atoms with E-state index in [1.54, 1.807) is 24.3 Å². The summed E-state index contributed by atoms with van der Waals surface area (Å²) in [4.78, 5) is 18.3. The van der Waals surface area contributed by atoms with E-state index < -0.39 is 5.82 Å². The molecule has 0 radical (unpaired) electrons. The summed E-state index contributed by atoms with van der Waals surface area (Å²) in [5, 5.41) is 6.45. The number of pyridine rings is 1. The van der Waals surface area contributed by atoms with Gasteiger partial charge in [-0.25, -0.2) is 9.37 Å². The van der Waals surface area contributed by atoms with Gasteiger partial charge in [-0.2, -0.15) is 0 Å². The Bertz CT molecular complexity index is 1120. The molecule has 1 fully saturated rings. The van der Waals surface area contributed by atoms with Crippen molar-refractivity contribution in [2.75, 3.05) is 29.4 Å². The number of aryl methyl sites for hydroxylation is 1. The van der Waals surface area contributed by atoms with Gasteiger partial charge in [-0.3, -0.25) is 4.79 Å². The zero-order valence-corrected chi connectivity index (χ0v) is 19.2. The fourth-order valence-electron chi connectivity index (χ4n) is 3.08. The van der Waals surface area contributed by atoms with E-state index >= 15 is 0 Å². The molecule has 3 aromatic rings. The number of aromatic nitrogens is 1. The van der Waals surface area contributed by atoms with Gasteiger partial charge in [-0.1, -0.05) is 23.5 Å². The molecule has 10 heteroatoms. The molecule has 0 unspecified atom stereocenters. The summed E-state index contributed by atoms with van der Waals surface area (Å²) in [6.07, 6.45) is 3.45. The minimum absolute atomic E-state index is 0.0448. The van der Waals surface area contributed by atoms with Crippen molar-refractivity contribution in [2.45, 2.75) is 13.0 Å². The first-order valence-electron chi connectivity index (χ1n) is 9.47. The lowest BCUT2D eigenvalue weighted by molar-refractivity contribution is 0.103. The van der Waals surface area contributed by atoms with E-state index in [0.29, 0.717) is 26.9 Å². The number of rotatable bonds is 7. The van der Waals surface area contributed by atoms with Crippen LogP contribution in [0.5, 0.6) is 5.75 Å². The van der Waals surface area contributed by atoms with Crippen molar-refractivity contribution in [3.63, 3.8) is 0 Å². The van der Waals surface area contributed by atoms with E-state index in [1.807, 2.05) is 13.2 Å². The van der Waals surface area contributed by atoms with E-state index in [0.717, 1.165) is 23.7 Å². The average Bonchev–Trinajstić information content (AvgIpc) is 3.06. The average molecular weight is 479 g/mol. The second-order valence-corrected chi connectivity index (χ2v) is 9.27. The molecule has 0 saturated carbocycles. The number of amides is 1. The highest BCUT2D eigenvalue weighted by atomic mass is 35.5. The topological polar surface area (TPSA) is 75.3 Å². The molecule has 3 heterocycles.